The van der Waals surface area contributed by atoms with Gasteiger partial charge in [-0.05, 0) is 32.1 Å². The van der Waals surface area contributed by atoms with E-state index in [0.29, 0.717) is 6.04 Å². The molecule has 1 saturated carbocycles. The van der Waals surface area contributed by atoms with Gasteiger partial charge in [-0.25, -0.2) is 0 Å². The molecule has 16 heavy (non-hydrogen) atoms. The van der Waals surface area contributed by atoms with Crippen LogP contribution in [0.25, 0.3) is 0 Å². The predicted octanol–water partition coefficient (Wildman–Crippen LogP) is 1.57. The summed E-state index contributed by atoms with van der Waals surface area (Å²) in [5.41, 5.74) is 0.192. The van der Waals surface area contributed by atoms with Crippen molar-refractivity contribution in [3.63, 3.8) is 0 Å². The molecule has 0 radical (unpaired) electrons. The topological polar surface area (TPSA) is 32.7 Å². The lowest BCUT2D eigenvalue weighted by Crippen LogP contribution is -2.52. The SMILES string of the molecule is C=CCN(CCO)C1CCOC2(CCC2)C1. The third-order valence-electron chi connectivity index (χ3n) is 4.00. The van der Waals surface area contributed by atoms with Crippen LogP contribution in [0.15, 0.2) is 12.7 Å². The average Bonchev–Trinajstić information content (AvgIpc) is 2.27. The van der Waals surface area contributed by atoms with Crippen LogP contribution >= 0.6 is 0 Å². The van der Waals surface area contributed by atoms with Gasteiger partial charge >= 0.3 is 0 Å². The Balaban J connectivity index is 1.92. The zero-order valence-corrected chi connectivity index (χ0v) is 10.0. The van der Waals surface area contributed by atoms with Gasteiger partial charge in [-0.3, -0.25) is 4.90 Å². The number of rotatable bonds is 5. The van der Waals surface area contributed by atoms with Crippen molar-refractivity contribution in [2.24, 2.45) is 0 Å². The van der Waals surface area contributed by atoms with Gasteiger partial charge in [-0.1, -0.05) is 6.08 Å². The van der Waals surface area contributed by atoms with Crippen molar-refractivity contribution in [2.75, 3.05) is 26.3 Å². The highest BCUT2D eigenvalue weighted by atomic mass is 16.5. The maximum atomic E-state index is 9.09. The molecule has 1 aliphatic heterocycles. The summed E-state index contributed by atoms with van der Waals surface area (Å²) in [5.74, 6) is 0. The fraction of sp³-hybridized carbons (Fsp3) is 0.846. The summed E-state index contributed by atoms with van der Waals surface area (Å²) in [6.07, 6.45) is 7.93. The molecule has 1 atom stereocenters. The molecule has 1 aliphatic carbocycles. The number of aliphatic hydroxyl groups is 1. The second-order valence-corrected chi connectivity index (χ2v) is 5.04. The molecule has 92 valence electrons. The van der Waals surface area contributed by atoms with Crippen LogP contribution in [0.3, 0.4) is 0 Å². The normalized spacial score (nSPS) is 28.0. The van der Waals surface area contributed by atoms with Gasteiger partial charge < -0.3 is 9.84 Å². The third kappa shape index (κ3) is 2.47. The molecule has 1 N–H and O–H groups in total. The molecule has 1 saturated heterocycles. The third-order valence-corrected chi connectivity index (χ3v) is 4.00. The van der Waals surface area contributed by atoms with E-state index in [1.807, 2.05) is 6.08 Å². The van der Waals surface area contributed by atoms with E-state index in [-0.39, 0.29) is 12.2 Å². The van der Waals surface area contributed by atoms with Gasteiger partial charge in [0.05, 0.1) is 12.2 Å². The Morgan fingerprint density at radius 2 is 2.31 bits per heavy atom. The van der Waals surface area contributed by atoms with Crippen LogP contribution in [0.4, 0.5) is 0 Å². The standard InChI is InChI=1S/C13H23NO2/c1-2-7-14(8-9-15)12-4-10-16-13(11-12)5-3-6-13/h2,12,15H,1,3-11H2. The highest BCUT2D eigenvalue weighted by Gasteiger charge is 2.43. The minimum atomic E-state index is 0.192. The highest BCUT2D eigenvalue weighted by molar-refractivity contribution is 4.97. The minimum Gasteiger partial charge on any atom is -0.395 e. The average molecular weight is 225 g/mol. The van der Waals surface area contributed by atoms with E-state index in [9.17, 15) is 0 Å². The number of aliphatic hydroxyl groups excluding tert-OH is 1. The molecule has 2 aliphatic rings. The van der Waals surface area contributed by atoms with Crippen molar-refractivity contribution in [3.8, 4) is 0 Å². The molecule has 0 bridgehead atoms. The Labute approximate surface area is 98.1 Å². The molecule has 1 spiro atoms. The fourth-order valence-electron chi connectivity index (χ4n) is 2.95. The number of hydrogen-bond acceptors (Lipinski definition) is 3. The smallest absolute Gasteiger partial charge is 0.0697 e. The van der Waals surface area contributed by atoms with Gasteiger partial charge in [0.2, 0.25) is 0 Å². The Kier molecular flexibility index (Phi) is 4.00. The van der Waals surface area contributed by atoms with E-state index in [2.05, 4.69) is 11.5 Å². The predicted molar refractivity (Wildman–Crippen MR) is 64.4 cm³/mol. The Morgan fingerprint density at radius 3 is 2.88 bits per heavy atom. The molecule has 3 nitrogen and oxygen atoms in total. The Hall–Kier alpha value is -0.380. The molecule has 0 amide bonds. The van der Waals surface area contributed by atoms with Crippen LogP contribution in [0, 0.1) is 0 Å². The van der Waals surface area contributed by atoms with Gasteiger partial charge in [0, 0.05) is 25.7 Å². The van der Waals surface area contributed by atoms with Crippen LogP contribution < -0.4 is 0 Å². The van der Waals surface area contributed by atoms with Crippen molar-refractivity contribution in [2.45, 2.75) is 43.7 Å². The first-order valence-corrected chi connectivity index (χ1v) is 6.39. The lowest BCUT2D eigenvalue weighted by molar-refractivity contribution is -0.148. The van der Waals surface area contributed by atoms with Crippen LogP contribution in [-0.4, -0.2) is 48.0 Å². The lowest BCUT2D eigenvalue weighted by Gasteiger charge is -2.49. The molecular weight excluding hydrogens is 202 g/mol. The molecule has 0 aromatic carbocycles. The van der Waals surface area contributed by atoms with Gasteiger partial charge in [0.1, 0.15) is 0 Å². The second kappa shape index (κ2) is 5.30. The molecule has 1 unspecified atom stereocenters. The molecule has 3 heteroatoms. The molecule has 2 rings (SSSR count). The summed E-state index contributed by atoms with van der Waals surface area (Å²) in [5, 5.41) is 9.09. The van der Waals surface area contributed by atoms with Crippen molar-refractivity contribution < 1.29 is 9.84 Å². The molecule has 0 aromatic rings. The first kappa shape index (κ1) is 12.1. The zero-order chi connectivity index (χ0) is 11.4. The van der Waals surface area contributed by atoms with Crippen LogP contribution in [0.2, 0.25) is 0 Å². The van der Waals surface area contributed by atoms with E-state index in [0.717, 1.165) is 32.5 Å². The van der Waals surface area contributed by atoms with Crippen molar-refractivity contribution in [1.29, 1.82) is 0 Å². The van der Waals surface area contributed by atoms with E-state index in [4.69, 9.17) is 9.84 Å². The largest absolute Gasteiger partial charge is 0.395 e. The van der Waals surface area contributed by atoms with E-state index in [1.165, 1.54) is 19.3 Å². The van der Waals surface area contributed by atoms with E-state index in [1.54, 1.807) is 0 Å². The molecule has 0 aromatic heterocycles. The summed E-state index contributed by atoms with van der Waals surface area (Å²) in [6, 6.07) is 0.569. The minimum absolute atomic E-state index is 0.192. The number of nitrogens with zero attached hydrogens (tertiary/aromatic N) is 1. The zero-order valence-electron chi connectivity index (χ0n) is 10.0. The summed E-state index contributed by atoms with van der Waals surface area (Å²) in [6.45, 7) is 6.54. The van der Waals surface area contributed by atoms with Crippen molar-refractivity contribution in [3.05, 3.63) is 12.7 Å². The number of hydrogen-bond donors (Lipinski definition) is 1. The highest BCUT2D eigenvalue weighted by Crippen LogP contribution is 2.43. The van der Waals surface area contributed by atoms with E-state index < -0.39 is 0 Å². The molecular formula is C13H23NO2. The maximum Gasteiger partial charge on any atom is 0.0697 e. The maximum absolute atomic E-state index is 9.09. The molecule has 2 fully saturated rings. The summed E-state index contributed by atoms with van der Waals surface area (Å²) < 4.78 is 5.92. The van der Waals surface area contributed by atoms with Gasteiger partial charge in [-0.15, -0.1) is 6.58 Å². The number of ether oxygens (including phenoxy) is 1. The van der Waals surface area contributed by atoms with Crippen LogP contribution in [0.1, 0.15) is 32.1 Å². The van der Waals surface area contributed by atoms with Crippen molar-refractivity contribution >= 4 is 0 Å². The van der Waals surface area contributed by atoms with Gasteiger partial charge in [0.15, 0.2) is 0 Å². The van der Waals surface area contributed by atoms with Gasteiger partial charge in [0.25, 0.3) is 0 Å². The lowest BCUT2D eigenvalue weighted by atomic mass is 9.73. The fourth-order valence-corrected chi connectivity index (χ4v) is 2.95. The van der Waals surface area contributed by atoms with Crippen molar-refractivity contribution in [1.82, 2.24) is 4.90 Å². The summed E-state index contributed by atoms with van der Waals surface area (Å²) in [4.78, 5) is 2.34. The van der Waals surface area contributed by atoms with E-state index >= 15 is 0 Å². The monoisotopic (exact) mass is 225 g/mol. The first-order chi connectivity index (χ1) is 7.79. The van der Waals surface area contributed by atoms with Crippen LogP contribution in [-0.2, 0) is 4.74 Å². The van der Waals surface area contributed by atoms with Gasteiger partial charge in [-0.2, -0.15) is 0 Å². The summed E-state index contributed by atoms with van der Waals surface area (Å²) in [7, 11) is 0. The van der Waals surface area contributed by atoms with Crippen LogP contribution in [0.5, 0.6) is 0 Å². The Morgan fingerprint density at radius 1 is 1.50 bits per heavy atom. The molecule has 1 heterocycles. The Bertz CT molecular complexity index is 238. The first-order valence-electron chi connectivity index (χ1n) is 6.39. The second-order valence-electron chi connectivity index (χ2n) is 5.04. The quantitative estimate of drug-likeness (QED) is 0.721. The summed E-state index contributed by atoms with van der Waals surface area (Å²) >= 11 is 0.